The number of carbonyl (C=O) groups is 1. The zero-order valence-electron chi connectivity index (χ0n) is 17.5. The van der Waals surface area contributed by atoms with Crippen molar-refractivity contribution >= 4 is 11.9 Å². The highest BCUT2D eigenvalue weighted by Gasteiger charge is 2.27. The van der Waals surface area contributed by atoms with Crippen molar-refractivity contribution in [1.82, 2.24) is 30.8 Å². The Morgan fingerprint density at radius 1 is 1.23 bits per heavy atom. The Morgan fingerprint density at radius 2 is 2.03 bits per heavy atom. The number of nitrogens with zero attached hydrogens (tertiary/aromatic N) is 5. The molecule has 10 heteroatoms. The molecule has 1 amide bonds. The summed E-state index contributed by atoms with van der Waals surface area (Å²) in [7, 11) is 1.91. The monoisotopic (exact) mass is 423 g/mol. The van der Waals surface area contributed by atoms with Gasteiger partial charge in [0.2, 0.25) is 5.89 Å². The first kappa shape index (κ1) is 20.7. The first-order chi connectivity index (χ1) is 15.2. The molecule has 0 unspecified atom stereocenters. The number of anilines is 1. The van der Waals surface area contributed by atoms with Crippen LogP contribution in [0.5, 0.6) is 0 Å². The van der Waals surface area contributed by atoms with Crippen molar-refractivity contribution in [2.45, 2.75) is 26.0 Å². The van der Waals surface area contributed by atoms with E-state index < -0.39 is 6.09 Å². The van der Waals surface area contributed by atoms with Gasteiger partial charge in [0.15, 0.2) is 0 Å². The van der Waals surface area contributed by atoms with E-state index in [1.54, 1.807) is 12.4 Å². The fraction of sp³-hybridized carbons (Fsp3) is 0.381. The van der Waals surface area contributed by atoms with Crippen LogP contribution in [0.15, 0.2) is 41.1 Å². The molecule has 0 aliphatic carbocycles. The second kappa shape index (κ2) is 9.52. The standard InChI is InChI=1S/C21H25N7O3/c1-3-24-21(29)30-16-8-9-28(13-16)18-12-23-11-17(25-18)20-27-26-19(31-20)15-6-4-14(5-7-15)10-22-2/h4-7,11-12,16,22H,3,8-10,13H2,1-2H3,(H,24,29)/t16-/m1/s1. The summed E-state index contributed by atoms with van der Waals surface area (Å²) in [5.41, 5.74) is 2.51. The number of aromatic nitrogens is 4. The Labute approximate surface area is 180 Å². The summed E-state index contributed by atoms with van der Waals surface area (Å²) in [6.45, 7) is 4.46. The minimum absolute atomic E-state index is 0.183. The van der Waals surface area contributed by atoms with Crippen molar-refractivity contribution in [3.8, 4) is 23.0 Å². The largest absolute Gasteiger partial charge is 0.444 e. The zero-order valence-corrected chi connectivity index (χ0v) is 17.5. The summed E-state index contributed by atoms with van der Waals surface area (Å²) in [6.07, 6.45) is 3.42. The first-order valence-corrected chi connectivity index (χ1v) is 10.3. The number of carbonyl (C=O) groups excluding carboxylic acids is 1. The third-order valence-corrected chi connectivity index (χ3v) is 4.91. The maximum atomic E-state index is 11.6. The van der Waals surface area contributed by atoms with Gasteiger partial charge in [0.25, 0.3) is 5.89 Å². The van der Waals surface area contributed by atoms with Crippen LogP contribution in [0.3, 0.4) is 0 Å². The molecule has 1 saturated heterocycles. The number of rotatable bonds is 7. The highest BCUT2D eigenvalue weighted by Crippen LogP contribution is 2.25. The first-order valence-electron chi connectivity index (χ1n) is 10.3. The highest BCUT2D eigenvalue weighted by molar-refractivity contribution is 5.67. The number of benzene rings is 1. The number of amides is 1. The second-order valence-electron chi connectivity index (χ2n) is 7.19. The number of nitrogens with one attached hydrogen (secondary N) is 2. The summed E-state index contributed by atoms with van der Waals surface area (Å²) in [5.74, 6) is 1.41. The Bertz CT molecular complexity index is 1020. The fourth-order valence-corrected chi connectivity index (χ4v) is 3.39. The molecule has 2 aromatic heterocycles. The quantitative estimate of drug-likeness (QED) is 0.590. The average molecular weight is 423 g/mol. The van der Waals surface area contributed by atoms with Gasteiger partial charge in [0, 0.05) is 31.6 Å². The lowest BCUT2D eigenvalue weighted by molar-refractivity contribution is 0.108. The number of ether oxygens (including phenoxy) is 1. The third-order valence-electron chi connectivity index (χ3n) is 4.91. The van der Waals surface area contributed by atoms with Crippen LogP contribution in [0.2, 0.25) is 0 Å². The molecule has 0 saturated carbocycles. The van der Waals surface area contributed by atoms with Gasteiger partial charge >= 0.3 is 6.09 Å². The highest BCUT2D eigenvalue weighted by atomic mass is 16.6. The van der Waals surface area contributed by atoms with Gasteiger partial charge in [0.05, 0.1) is 18.9 Å². The predicted molar refractivity (Wildman–Crippen MR) is 114 cm³/mol. The van der Waals surface area contributed by atoms with Gasteiger partial charge in [-0.1, -0.05) is 12.1 Å². The summed E-state index contributed by atoms with van der Waals surface area (Å²) >= 11 is 0. The molecule has 1 aliphatic rings. The Hall–Kier alpha value is -3.53. The van der Waals surface area contributed by atoms with Crippen LogP contribution in [0.25, 0.3) is 23.0 Å². The lowest BCUT2D eigenvalue weighted by atomic mass is 10.1. The SMILES string of the molecule is CCNC(=O)O[C@@H]1CCN(c2cncc(-c3nnc(-c4ccc(CNC)cc4)o3)n2)C1. The van der Waals surface area contributed by atoms with E-state index in [0.717, 1.165) is 25.1 Å². The van der Waals surface area contributed by atoms with E-state index in [1.807, 2.05) is 43.1 Å². The van der Waals surface area contributed by atoms with E-state index in [1.165, 1.54) is 5.56 Å². The molecule has 31 heavy (non-hydrogen) atoms. The molecule has 0 spiro atoms. The molecule has 0 radical (unpaired) electrons. The topological polar surface area (TPSA) is 118 Å². The van der Waals surface area contributed by atoms with Crippen LogP contribution in [-0.4, -0.2) is 59.0 Å². The van der Waals surface area contributed by atoms with Gasteiger partial charge in [-0.15, -0.1) is 10.2 Å². The summed E-state index contributed by atoms with van der Waals surface area (Å²) in [5, 5.41) is 14.0. The maximum Gasteiger partial charge on any atom is 0.407 e. The van der Waals surface area contributed by atoms with Crippen molar-refractivity contribution in [2.75, 3.05) is 31.6 Å². The van der Waals surface area contributed by atoms with Gasteiger partial charge in [-0.05, 0) is 31.7 Å². The lowest BCUT2D eigenvalue weighted by Gasteiger charge is -2.17. The van der Waals surface area contributed by atoms with Crippen molar-refractivity contribution in [3.05, 3.63) is 42.2 Å². The molecule has 1 atom stereocenters. The molecule has 2 N–H and O–H groups in total. The van der Waals surface area contributed by atoms with Crippen molar-refractivity contribution in [2.24, 2.45) is 0 Å². The molecule has 3 heterocycles. The summed E-state index contributed by atoms with van der Waals surface area (Å²) in [4.78, 5) is 22.6. The van der Waals surface area contributed by atoms with Crippen LogP contribution in [0, 0.1) is 0 Å². The molecule has 1 fully saturated rings. The van der Waals surface area contributed by atoms with Gasteiger partial charge in [-0.2, -0.15) is 0 Å². The van der Waals surface area contributed by atoms with Crippen LogP contribution in [0.1, 0.15) is 18.9 Å². The number of alkyl carbamates (subject to hydrolysis) is 1. The van der Waals surface area contributed by atoms with Crippen LogP contribution < -0.4 is 15.5 Å². The van der Waals surface area contributed by atoms with Crippen molar-refractivity contribution in [3.63, 3.8) is 0 Å². The minimum atomic E-state index is -0.397. The van der Waals surface area contributed by atoms with Gasteiger partial charge < -0.3 is 24.7 Å². The van der Waals surface area contributed by atoms with Crippen LogP contribution in [0.4, 0.5) is 10.6 Å². The number of hydrogen-bond donors (Lipinski definition) is 2. The summed E-state index contributed by atoms with van der Waals surface area (Å²) < 4.78 is 11.2. The average Bonchev–Trinajstić information content (AvgIpc) is 3.45. The van der Waals surface area contributed by atoms with E-state index in [2.05, 4.69) is 30.8 Å². The molecular weight excluding hydrogens is 398 g/mol. The van der Waals surface area contributed by atoms with Gasteiger partial charge in [-0.3, -0.25) is 4.98 Å². The second-order valence-corrected chi connectivity index (χ2v) is 7.19. The third kappa shape index (κ3) is 4.97. The molecule has 1 aliphatic heterocycles. The predicted octanol–water partition coefficient (Wildman–Crippen LogP) is 2.24. The van der Waals surface area contributed by atoms with Gasteiger partial charge in [-0.25, -0.2) is 9.78 Å². The Balaban J connectivity index is 1.45. The lowest BCUT2D eigenvalue weighted by Crippen LogP contribution is -2.31. The normalized spacial score (nSPS) is 15.8. The molecule has 3 aromatic rings. The van der Waals surface area contributed by atoms with Crippen molar-refractivity contribution < 1.29 is 13.9 Å². The minimum Gasteiger partial charge on any atom is -0.444 e. The van der Waals surface area contributed by atoms with Crippen molar-refractivity contribution in [1.29, 1.82) is 0 Å². The number of hydrogen-bond acceptors (Lipinski definition) is 9. The van der Waals surface area contributed by atoms with Crippen LogP contribution in [-0.2, 0) is 11.3 Å². The zero-order chi connectivity index (χ0) is 21.6. The molecule has 0 bridgehead atoms. The molecule has 10 nitrogen and oxygen atoms in total. The van der Waals surface area contributed by atoms with E-state index in [4.69, 9.17) is 9.15 Å². The van der Waals surface area contributed by atoms with E-state index in [-0.39, 0.29) is 6.10 Å². The molecular formula is C21H25N7O3. The summed E-state index contributed by atoms with van der Waals surface area (Å²) in [6, 6.07) is 7.93. The Morgan fingerprint density at radius 3 is 2.81 bits per heavy atom. The van der Waals surface area contributed by atoms with E-state index in [0.29, 0.717) is 36.4 Å². The van der Waals surface area contributed by atoms with Crippen LogP contribution >= 0.6 is 0 Å². The van der Waals surface area contributed by atoms with E-state index in [9.17, 15) is 4.79 Å². The maximum absolute atomic E-state index is 11.6. The smallest absolute Gasteiger partial charge is 0.407 e. The molecule has 162 valence electrons. The molecule has 4 rings (SSSR count). The van der Waals surface area contributed by atoms with Gasteiger partial charge in [0.1, 0.15) is 17.6 Å². The molecule has 1 aromatic carbocycles. The van der Waals surface area contributed by atoms with E-state index >= 15 is 0 Å². The Kier molecular flexibility index (Phi) is 6.37. The fourth-order valence-electron chi connectivity index (χ4n) is 3.39.